The first-order chi connectivity index (χ1) is 14.1. The predicted octanol–water partition coefficient (Wildman–Crippen LogP) is 6.52. The summed E-state index contributed by atoms with van der Waals surface area (Å²) in [4.78, 5) is 24.8. The van der Waals surface area contributed by atoms with Gasteiger partial charge in [0.15, 0.2) is 0 Å². The lowest BCUT2D eigenvalue weighted by Crippen LogP contribution is -2.15. The number of carbonyl (C=O) groups excluding carboxylic acids is 2. The highest BCUT2D eigenvalue weighted by Gasteiger charge is 2.30. The number of rotatable bonds is 4. The number of benzene rings is 3. The minimum atomic E-state index is -4.52. The number of halogens is 5. The van der Waals surface area contributed by atoms with E-state index in [0.717, 1.165) is 12.1 Å². The molecular weight excluding hydrogens is 440 g/mol. The summed E-state index contributed by atoms with van der Waals surface area (Å²) >= 11 is 11.7. The Balaban J connectivity index is 1.74. The lowest BCUT2D eigenvalue weighted by Gasteiger charge is -2.11. The molecule has 9 heteroatoms. The molecule has 0 spiro atoms. The maximum Gasteiger partial charge on any atom is 0.416 e. The molecule has 2 N–H and O–H groups in total. The highest BCUT2D eigenvalue weighted by Crippen LogP contribution is 2.30. The molecule has 0 saturated carbocycles. The Hall–Kier alpha value is -3.03. The molecule has 3 aromatic carbocycles. The summed E-state index contributed by atoms with van der Waals surface area (Å²) in [5, 5.41) is 5.56. The van der Waals surface area contributed by atoms with Crippen molar-refractivity contribution in [1.82, 2.24) is 0 Å². The van der Waals surface area contributed by atoms with Crippen molar-refractivity contribution in [2.75, 3.05) is 10.6 Å². The van der Waals surface area contributed by atoms with Gasteiger partial charge in [-0.25, -0.2) is 0 Å². The number of alkyl halides is 3. The Morgan fingerprint density at radius 1 is 0.700 bits per heavy atom. The van der Waals surface area contributed by atoms with E-state index in [4.69, 9.17) is 23.2 Å². The quantitative estimate of drug-likeness (QED) is 0.473. The first-order valence-electron chi connectivity index (χ1n) is 8.48. The van der Waals surface area contributed by atoms with E-state index in [1.54, 1.807) is 6.07 Å². The van der Waals surface area contributed by atoms with E-state index in [2.05, 4.69) is 10.6 Å². The van der Waals surface area contributed by atoms with E-state index in [1.807, 2.05) is 0 Å². The molecule has 0 aromatic heterocycles. The molecule has 0 atom stereocenters. The third-order valence-corrected chi connectivity index (χ3v) is 4.75. The maximum absolute atomic E-state index is 12.8. The van der Waals surface area contributed by atoms with Gasteiger partial charge in [-0.2, -0.15) is 13.2 Å². The molecule has 0 radical (unpaired) electrons. The normalized spacial score (nSPS) is 11.1. The van der Waals surface area contributed by atoms with Gasteiger partial charge in [0.1, 0.15) is 0 Å². The van der Waals surface area contributed by atoms with Gasteiger partial charge in [-0.15, -0.1) is 0 Å². The van der Waals surface area contributed by atoms with Crippen LogP contribution >= 0.6 is 23.2 Å². The van der Waals surface area contributed by atoms with Crippen molar-refractivity contribution in [1.29, 1.82) is 0 Å². The topological polar surface area (TPSA) is 58.2 Å². The molecule has 2 amide bonds. The molecule has 0 bridgehead atoms. The SMILES string of the molecule is O=C(Nc1cccc(C(F)(F)F)c1)c1cccc(NC(=O)c2ccc(Cl)c(Cl)c2)c1. The zero-order valence-electron chi connectivity index (χ0n) is 15.1. The number of nitrogens with one attached hydrogen (secondary N) is 2. The molecule has 0 saturated heterocycles. The second-order valence-corrected chi connectivity index (χ2v) is 7.01. The maximum atomic E-state index is 12.8. The van der Waals surface area contributed by atoms with Crippen LogP contribution in [0.1, 0.15) is 26.3 Å². The highest BCUT2D eigenvalue weighted by atomic mass is 35.5. The van der Waals surface area contributed by atoms with Crippen LogP contribution in [0.2, 0.25) is 10.0 Å². The first kappa shape index (κ1) is 21.7. The summed E-state index contributed by atoms with van der Waals surface area (Å²) in [7, 11) is 0. The van der Waals surface area contributed by atoms with E-state index < -0.39 is 23.6 Å². The van der Waals surface area contributed by atoms with Crippen LogP contribution in [0.25, 0.3) is 0 Å². The summed E-state index contributed by atoms with van der Waals surface area (Å²) in [5.74, 6) is -1.09. The molecular formula is C21H13Cl2F3N2O2. The van der Waals surface area contributed by atoms with Crippen molar-refractivity contribution in [2.45, 2.75) is 6.18 Å². The highest BCUT2D eigenvalue weighted by molar-refractivity contribution is 6.42. The summed E-state index contributed by atoms with van der Waals surface area (Å²) in [6.07, 6.45) is -4.52. The molecule has 0 aliphatic heterocycles. The van der Waals surface area contributed by atoms with Crippen molar-refractivity contribution in [3.8, 4) is 0 Å². The van der Waals surface area contributed by atoms with Crippen molar-refractivity contribution < 1.29 is 22.8 Å². The Bertz CT molecular complexity index is 1120. The molecule has 0 fully saturated rings. The molecule has 0 aliphatic rings. The monoisotopic (exact) mass is 452 g/mol. The number of carbonyl (C=O) groups is 2. The molecule has 3 rings (SSSR count). The van der Waals surface area contributed by atoms with Crippen LogP contribution in [0.5, 0.6) is 0 Å². The Labute approximate surface area is 179 Å². The molecule has 0 aliphatic carbocycles. The number of anilines is 2. The smallest absolute Gasteiger partial charge is 0.322 e. The zero-order valence-corrected chi connectivity index (χ0v) is 16.6. The average Bonchev–Trinajstić information content (AvgIpc) is 2.69. The average molecular weight is 453 g/mol. The molecule has 4 nitrogen and oxygen atoms in total. The lowest BCUT2D eigenvalue weighted by molar-refractivity contribution is -0.137. The summed E-state index contributed by atoms with van der Waals surface area (Å²) in [6, 6.07) is 14.7. The van der Waals surface area contributed by atoms with Gasteiger partial charge in [0.25, 0.3) is 11.8 Å². The second kappa shape index (κ2) is 8.77. The number of hydrogen-bond donors (Lipinski definition) is 2. The molecule has 3 aromatic rings. The van der Waals surface area contributed by atoms with E-state index in [1.165, 1.54) is 48.5 Å². The van der Waals surface area contributed by atoms with Crippen LogP contribution < -0.4 is 10.6 Å². The standard InChI is InChI=1S/C21H13Cl2F3N2O2/c22-17-8-7-13(10-18(17)23)20(30)27-15-5-1-3-12(9-15)19(29)28-16-6-2-4-14(11-16)21(24,25)26/h1-11H,(H,27,30)(H,28,29). The second-order valence-electron chi connectivity index (χ2n) is 6.20. The minimum absolute atomic E-state index is 0.0000646. The number of amides is 2. The van der Waals surface area contributed by atoms with Gasteiger partial charge in [0.05, 0.1) is 15.6 Å². The van der Waals surface area contributed by atoms with Crippen LogP contribution in [0.3, 0.4) is 0 Å². The van der Waals surface area contributed by atoms with Gasteiger partial charge in [-0.05, 0) is 54.6 Å². The van der Waals surface area contributed by atoms with Gasteiger partial charge >= 0.3 is 6.18 Å². The van der Waals surface area contributed by atoms with Crippen LogP contribution in [-0.2, 0) is 6.18 Å². The molecule has 30 heavy (non-hydrogen) atoms. The number of hydrogen-bond acceptors (Lipinski definition) is 2. The van der Waals surface area contributed by atoms with Crippen molar-refractivity contribution in [3.05, 3.63) is 93.5 Å². The zero-order chi connectivity index (χ0) is 21.9. The van der Waals surface area contributed by atoms with Gasteiger partial charge < -0.3 is 10.6 Å². The predicted molar refractivity (Wildman–Crippen MR) is 110 cm³/mol. The van der Waals surface area contributed by atoms with Gasteiger partial charge in [-0.3, -0.25) is 9.59 Å². The van der Waals surface area contributed by atoms with Crippen LogP contribution in [0.4, 0.5) is 24.5 Å². The van der Waals surface area contributed by atoms with E-state index in [-0.39, 0.29) is 21.8 Å². The minimum Gasteiger partial charge on any atom is -0.322 e. The van der Waals surface area contributed by atoms with Gasteiger partial charge in [-0.1, -0.05) is 35.3 Å². The Kier molecular flexibility index (Phi) is 6.34. The Morgan fingerprint density at radius 3 is 1.87 bits per heavy atom. The Morgan fingerprint density at radius 2 is 1.27 bits per heavy atom. The van der Waals surface area contributed by atoms with E-state index in [9.17, 15) is 22.8 Å². The van der Waals surface area contributed by atoms with Gasteiger partial charge in [0, 0.05) is 22.5 Å². The summed E-state index contributed by atoms with van der Waals surface area (Å²) in [5.41, 5.74) is -0.131. The third kappa shape index (κ3) is 5.31. The van der Waals surface area contributed by atoms with Crippen molar-refractivity contribution in [3.63, 3.8) is 0 Å². The van der Waals surface area contributed by atoms with Crippen LogP contribution in [0.15, 0.2) is 66.7 Å². The molecule has 0 unspecified atom stereocenters. The molecule has 0 heterocycles. The fourth-order valence-electron chi connectivity index (χ4n) is 2.56. The van der Waals surface area contributed by atoms with E-state index >= 15 is 0 Å². The lowest BCUT2D eigenvalue weighted by atomic mass is 10.1. The summed E-state index contributed by atoms with van der Waals surface area (Å²) < 4.78 is 38.5. The largest absolute Gasteiger partial charge is 0.416 e. The van der Waals surface area contributed by atoms with Crippen molar-refractivity contribution in [2.24, 2.45) is 0 Å². The van der Waals surface area contributed by atoms with E-state index in [0.29, 0.717) is 10.7 Å². The fourth-order valence-corrected chi connectivity index (χ4v) is 2.85. The van der Waals surface area contributed by atoms with Gasteiger partial charge in [0.2, 0.25) is 0 Å². The van der Waals surface area contributed by atoms with Crippen LogP contribution in [-0.4, -0.2) is 11.8 Å². The van der Waals surface area contributed by atoms with Crippen molar-refractivity contribution >= 4 is 46.4 Å². The summed E-state index contributed by atoms with van der Waals surface area (Å²) in [6.45, 7) is 0. The molecule has 154 valence electrons. The fraction of sp³-hybridized carbons (Fsp3) is 0.0476. The first-order valence-corrected chi connectivity index (χ1v) is 9.24. The van der Waals surface area contributed by atoms with Crippen LogP contribution in [0, 0.1) is 0 Å². The third-order valence-electron chi connectivity index (χ3n) is 4.01.